The van der Waals surface area contributed by atoms with Gasteiger partial charge in [0.25, 0.3) is 0 Å². The molecule has 0 saturated carbocycles. The maximum Gasteiger partial charge on any atom is 0.322 e. The Morgan fingerprint density at radius 3 is 2.47 bits per heavy atom. The van der Waals surface area contributed by atoms with Crippen molar-refractivity contribution >= 4 is 17.6 Å². The average molecular weight is 240 g/mol. The van der Waals surface area contributed by atoms with E-state index in [1.807, 2.05) is 0 Å². The molecule has 92 valence electrons. The fraction of sp³-hybridized carbons (Fsp3) is 0.273. The van der Waals surface area contributed by atoms with Gasteiger partial charge < -0.3 is 15.3 Å². The maximum atomic E-state index is 12.7. The predicted molar refractivity (Wildman–Crippen MR) is 60.3 cm³/mol. The first kappa shape index (κ1) is 13.0. The number of carbonyl (C=O) groups excluding carboxylic acids is 1. The number of hydrogen-bond donors (Lipinski definition) is 2. The lowest BCUT2D eigenvalue weighted by Crippen LogP contribution is -2.37. The van der Waals surface area contributed by atoms with Crippen LogP contribution in [0.15, 0.2) is 24.3 Å². The zero-order valence-electron chi connectivity index (χ0n) is 9.31. The summed E-state index contributed by atoms with van der Waals surface area (Å²) in [6, 6.07) is 5.67. The van der Waals surface area contributed by atoms with Crippen molar-refractivity contribution in [3.05, 3.63) is 30.1 Å². The molecule has 1 aromatic carbocycles. The highest BCUT2D eigenvalue weighted by Gasteiger charge is 2.08. The van der Waals surface area contributed by atoms with Gasteiger partial charge >= 0.3 is 5.97 Å². The molecule has 2 N–H and O–H groups in total. The Bertz CT molecular complexity index is 406. The van der Waals surface area contributed by atoms with Gasteiger partial charge in [-0.25, -0.2) is 4.39 Å². The van der Waals surface area contributed by atoms with E-state index in [0.717, 1.165) is 0 Å². The van der Waals surface area contributed by atoms with Crippen molar-refractivity contribution in [1.82, 2.24) is 5.32 Å². The zero-order chi connectivity index (χ0) is 12.8. The van der Waals surface area contributed by atoms with Gasteiger partial charge in [0.1, 0.15) is 12.4 Å². The number of aliphatic carboxylic acids is 1. The fourth-order valence-corrected chi connectivity index (χ4v) is 1.23. The van der Waals surface area contributed by atoms with Crippen molar-refractivity contribution in [3.63, 3.8) is 0 Å². The lowest BCUT2D eigenvalue weighted by Gasteiger charge is -2.18. The van der Waals surface area contributed by atoms with Crippen molar-refractivity contribution in [1.29, 1.82) is 0 Å². The molecular weight excluding hydrogens is 227 g/mol. The molecule has 0 atom stereocenters. The van der Waals surface area contributed by atoms with Gasteiger partial charge in [0.15, 0.2) is 0 Å². The average Bonchev–Trinajstić information content (AvgIpc) is 2.27. The molecule has 0 aliphatic heterocycles. The first-order valence-electron chi connectivity index (χ1n) is 4.94. The van der Waals surface area contributed by atoms with Gasteiger partial charge in [-0.1, -0.05) is 0 Å². The molecule has 0 aliphatic rings. The van der Waals surface area contributed by atoms with E-state index in [4.69, 9.17) is 5.11 Å². The molecule has 6 heteroatoms. The molecule has 0 bridgehead atoms. The number of anilines is 1. The van der Waals surface area contributed by atoms with Crippen molar-refractivity contribution in [3.8, 4) is 0 Å². The summed E-state index contributed by atoms with van der Waals surface area (Å²) in [5.74, 6) is -1.85. The van der Waals surface area contributed by atoms with E-state index in [1.165, 1.54) is 12.1 Å². The smallest absolute Gasteiger partial charge is 0.322 e. The first-order valence-corrected chi connectivity index (χ1v) is 4.94. The SMILES string of the molecule is CN(CC(=O)NCC(=O)O)c1ccc(F)cc1. The zero-order valence-corrected chi connectivity index (χ0v) is 9.31. The van der Waals surface area contributed by atoms with E-state index < -0.39 is 18.4 Å². The van der Waals surface area contributed by atoms with Crippen LogP contribution in [0, 0.1) is 5.82 Å². The Kier molecular flexibility index (Phi) is 4.45. The number of amides is 1. The van der Waals surface area contributed by atoms with Crippen LogP contribution in [-0.4, -0.2) is 37.1 Å². The Labute approximate surface area is 97.8 Å². The quantitative estimate of drug-likeness (QED) is 0.784. The summed E-state index contributed by atoms with van der Waals surface area (Å²) in [6.07, 6.45) is 0. The van der Waals surface area contributed by atoms with Crippen LogP contribution in [0.5, 0.6) is 0 Å². The highest BCUT2D eigenvalue weighted by Crippen LogP contribution is 2.12. The third-order valence-corrected chi connectivity index (χ3v) is 2.08. The molecule has 5 nitrogen and oxygen atoms in total. The minimum Gasteiger partial charge on any atom is -0.480 e. The number of halogens is 1. The van der Waals surface area contributed by atoms with E-state index in [1.54, 1.807) is 24.1 Å². The van der Waals surface area contributed by atoms with Crippen molar-refractivity contribution in [2.45, 2.75) is 0 Å². The summed E-state index contributed by atoms with van der Waals surface area (Å²) in [7, 11) is 1.66. The van der Waals surface area contributed by atoms with Gasteiger partial charge in [0.05, 0.1) is 6.54 Å². The molecule has 17 heavy (non-hydrogen) atoms. The van der Waals surface area contributed by atoms with Crippen LogP contribution in [0.25, 0.3) is 0 Å². The van der Waals surface area contributed by atoms with Crippen LogP contribution in [-0.2, 0) is 9.59 Å². The minimum atomic E-state index is -1.09. The second-order valence-corrected chi connectivity index (χ2v) is 3.50. The molecule has 1 amide bonds. The van der Waals surface area contributed by atoms with Gasteiger partial charge in [-0.15, -0.1) is 0 Å². The lowest BCUT2D eigenvalue weighted by molar-refractivity contribution is -0.137. The van der Waals surface area contributed by atoms with Crippen molar-refractivity contribution in [2.75, 3.05) is 25.0 Å². The number of likely N-dealkylation sites (N-methyl/N-ethyl adjacent to an activating group) is 1. The summed E-state index contributed by atoms with van der Waals surface area (Å²) in [6.45, 7) is -0.394. The Hall–Kier alpha value is -2.11. The first-order chi connectivity index (χ1) is 7.99. The summed E-state index contributed by atoms with van der Waals surface area (Å²) in [4.78, 5) is 23.1. The summed E-state index contributed by atoms with van der Waals surface area (Å²) in [5.41, 5.74) is 0.678. The fourth-order valence-electron chi connectivity index (χ4n) is 1.23. The lowest BCUT2D eigenvalue weighted by atomic mass is 10.3. The van der Waals surface area contributed by atoms with Crippen LogP contribution >= 0.6 is 0 Å². The number of benzene rings is 1. The van der Waals surface area contributed by atoms with Crippen LogP contribution in [0.1, 0.15) is 0 Å². The van der Waals surface area contributed by atoms with E-state index in [9.17, 15) is 14.0 Å². The molecule has 0 spiro atoms. The van der Waals surface area contributed by atoms with Gasteiger partial charge in [0, 0.05) is 12.7 Å². The second-order valence-electron chi connectivity index (χ2n) is 3.50. The Morgan fingerprint density at radius 1 is 1.35 bits per heavy atom. The monoisotopic (exact) mass is 240 g/mol. The van der Waals surface area contributed by atoms with Gasteiger partial charge in [-0.2, -0.15) is 0 Å². The molecule has 0 fully saturated rings. The molecule has 1 aromatic rings. The van der Waals surface area contributed by atoms with Gasteiger partial charge in [-0.05, 0) is 24.3 Å². The number of carboxylic acid groups (broad SMARTS) is 1. The molecule has 1 rings (SSSR count). The molecule has 0 heterocycles. The Morgan fingerprint density at radius 2 is 1.94 bits per heavy atom. The van der Waals surface area contributed by atoms with E-state index in [0.29, 0.717) is 5.69 Å². The van der Waals surface area contributed by atoms with Crippen LogP contribution in [0.3, 0.4) is 0 Å². The van der Waals surface area contributed by atoms with Crippen molar-refractivity contribution in [2.24, 2.45) is 0 Å². The minimum absolute atomic E-state index is 0.0128. The van der Waals surface area contributed by atoms with E-state index in [2.05, 4.69) is 5.32 Å². The molecule has 0 aromatic heterocycles. The van der Waals surface area contributed by atoms with Crippen LogP contribution < -0.4 is 10.2 Å². The summed E-state index contributed by atoms with van der Waals surface area (Å²) < 4.78 is 12.7. The molecule has 0 unspecified atom stereocenters. The molecule has 0 radical (unpaired) electrons. The second kappa shape index (κ2) is 5.83. The molecule has 0 aliphatic carbocycles. The van der Waals surface area contributed by atoms with Crippen LogP contribution in [0.4, 0.5) is 10.1 Å². The van der Waals surface area contributed by atoms with Crippen molar-refractivity contribution < 1.29 is 19.1 Å². The number of carboxylic acids is 1. The third kappa shape index (κ3) is 4.50. The van der Waals surface area contributed by atoms with E-state index in [-0.39, 0.29) is 12.4 Å². The highest BCUT2D eigenvalue weighted by molar-refractivity contribution is 5.84. The molecule has 0 saturated heterocycles. The van der Waals surface area contributed by atoms with Gasteiger partial charge in [-0.3, -0.25) is 9.59 Å². The maximum absolute atomic E-state index is 12.7. The number of nitrogens with one attached hydrogen (secondary N) is 1. The third-order valence-electron chi connectivity index (χ3n) is 2.08. The number of carbonyl (C=O) groups is 2. The van der Waals surface area contributed by atoms with Crippen LogP contribution in [0.2, 0.25) is 0 Å². The standard InChI is InChI=1S/C11H13FN2O3/c1-14(7-10(15)13-6-11(16)17)9-4-2-8(12)3-5-9/h2-5H,6-7H2,1H3,(H,13,15)(H,16,17). The molecular formula is C11H13FN2O3. The largest absolute Gasteiger partial charge is 0.480 e. The number of hydrogen-bond acceptors (Lipinski definition) is 3. The highest BCUT2D eigenvalue weighted by atomic mass is 19.1. The topological polar surface area (TPSA) is 69.6 Å². The number of rotatable bonds is 5. The normalized spacial score (nSPS) is 9.76. The van der Waals surface area contributed by atoms with E-state index >= 15 is 0 Å². The Balaban J connectivity index is 2.48. The number of nitrogens with zero attached hydrogens (tertiary/aromatic N) is 1. The summed E-state index contributed by atoms with van der Waals surface area (Å²) >= 11 is 0. The summed E-state index contributed by atoms with van der Waals surface area (Å²) in [5, 5.41) is 10.6. The van der Waals surface area contributed by atoms with Gasteiger partial charge in [0.2, 0.25) is 5.91 Å². The predicted octanol–water partition coefficient (Wildman–Crippen LogP) is 0.463.